The summed E-state index contributed by atoms with van der Waals surface area (Å²) in [6.45, 7) is 7.13. The maximum atomic E-state index is 13.3. The van der Waals surface area contributed by atoms with E-state index in [0.717, 1.165) is 45.6 Å². The number of anilines is 2. The molecule has 2 aromatic rings. The first-order valence-corrected chi connectivity index (χ1v) is 12.6. The number of hydrogen-bond donors (Lipinski definition) is 1. The highest BCUT2D eigenvalue weighted by Crippen LogP contribution is 2.44. The Morgan fingerprint density at radius 2 is 1.91 bits per heavy atom. The lowest BCUT2D eigenvalue weighted by atomic mass is 10.2. The Kier molecular flexibility index (Phi) is 10.9. The third-order valence-electron chi connectivity index (χ3n) is 4.53. The van der Waals surface area contributed by atoms with Crippen LogP contribution in [0.2, 0.25) is 0 Å². The van der Waals surface area contributed by atoms with Crippen molar-refractivity contribution in [2.45, 2.75) is 49.8 Å². The van der Waals surface area contributed by atoms with E-state index in [9.17, 15) is 13.6 Å². The molecule has 1 aliphatic rings. The third kappa shape index (κ3) is 7.45. The van der Waals surface area contributed by atoms with Crippen LogP contribution < -0.4 is 9.64 Å². The number of halogens is 2. The van der Waals surface area contributed by atoms with Crippen LogP contribution in [0.5, 0.6) is 5.75 Å². The molecule has 0 aliphatic carbocycles. The van der Waals surface area contributed by atoms with Gasteiger partial charge in [0.15, 0.2) is 0 Å². The Hall–Kier alpha value is -2.19. The number of benzene rings is 2. The number of unbranched alkanes of at least 4 members (excludes halogenated alkanes) is 1. The molecular weight excluding hydrogens is 452 g/mol. The van der Waals surface area contributed by atoms with Gasteiger partial charge in [-0.25, -0.2) is 9.18 Å². The van der Waals surface area contributed by atoms with Crippen LogP contribution in [0.25, 0.3) is 0 Å². The lowest BCUT2D eigenvalue weighted by Gasteiger charge is -2.26. The molecule has 8 heteroatoms. The first kappa shape index (κ1) is 26.1. The largest absolute Gasteiger partial charge is 0.476 e. The Morgan fingerprint density at radius 3 is 2.50 bits per heavy atom. The van der Waals surface area contributed by atoms with Gasteiger partial charge in [0.1, 0.15) is 17.8 Å². The molecule has 0 bridgehead atoms. The van der Waals surface area contributed by atoms with Crippen LogP contribution in [0.4, 0.5) is 20.2 Å². The summed E-state index contributed by atoms with van der Waals surface area (Å²) in [5.41, 5.74) is 1.86. The maximum Gasteiger partial charge on any atom is 0.368 e. The number of fused-ring (bicyclic) bond motifs is 1. The fourth-order valence-corrected chi connectivity index (χ4v) is 4.55. The summed E-state index contributed by atoms with van der Waals surface area (Å²) < 4.78 is 32.0. The van der Waals surface area contributed by atoms with E-state index in [4.69, 9.17) is 9.84 Å². The maximum absolute atomic E-state index is 13.3. The molecule has 0 radical (unpaired) electrons. The van der Waals surface area contributed by atoms with Crippen LogP contribution in [-0.4, -0.2) is 29.1 Å². The molecule has 0 fully saturated rings. The third-order valence-corrected chi connectivity index (χ3v) is 6.58. The molecule has 1 heterocycles. The molecule has 0 atom stereocenters. The number of carboxylic acid groups (broad SMARTS) is 1. The molecule has 4 nitrogen and oxygen atoms in total. The average Bonchev–Trinajstić information content (AvgIpc) is 3.00. The lowest BCUT2D eigenvalue weighted by Crippen LogP contribution is -2.18. The van der Waals surface area contributed by atoms with E-state index in [0.29, 0.717) is 12.0 Å². The Balaban J connectivity index is 0.000000837. The van der Waals surface area contributed by atoms with Crippen molar-refractivity contribution in [3.05, 3.63) is 54.3 Å². The predicted molar refractivity (Wildman–Crippen MR) is 130 cm³/mol. The number of aliphatic carboxylic acids is 1. The van der Waals surface area contributed by atoms with Gasteiger partial charge in [-0.15, -0.1) is 23.5 Å². The van der Waals surface area contributed by atoms with Gasteiger partial charge in [-0.2, -0.15) is 4.39 Å². The molecule has 0 amide bonds. The first-order valence-electron chi connectivity index (χ1n) is 10.6. The second-order valence-electron chi connectivity index (χ2n) is 6.92. The second kappa shape index (κ2) is 13.4. The fraction of sp³-hybridized carbons (Fsp3) is 0.375. The van der Waals surface area contributed by atoms with Crippen molar-refractivity contribution >= 4 is 40.9 Å². The zero-order valence-electron chi connectivity index (χ0n) is 18.6. The van der Waals surface area contributed by atoms with Crippen LogP contribution in [0.3, 0.4) is 0 Å². The summed E-state index contributed by atoms with van der Waals surface area (Å²) in [5.74, 6) is -1.24. The molecule has 0 aromatic heterocycles. The fourth-order valence-electron chi connectivity index (χ4n) is 2.80. The highest BCUT2D eigenvalue weighted by Gasteiger charge is 2.21. The lowest BCUT2D eigenvalue weighted by molar-refractivity contribution is -0.134. The number of carbonyl (C=O) groups is 1. The number of hydrogen-bond acceptors (Lipinski definition) is 5. The van der Waals surface area contributed by atoms with Crippen molar-refractivity contribution < 1.29 is 23.4 Å². The van der Waals surface area contributed by atoms with Crippen molar-refractivity contribution in [1.29, 1.82) is 0 Å². The van der Waals surface area contributed by atoms with Crippen molar-refractivity contribution in [3.63, 3.8) is 0 Å². The van der Waals surface area contributed by atoms with E-state index >= 15 is 0 Å². The van der Waals surface area contributed by atoms with Gasteiger partial charge in [0.25, 0.3) is 0 Å². The van der Waals surface area contributed by atoms with Gasteiger partial charge < -0.3 is 14.7 Å². The molecular formula is C24H29F2NO3S2. The zero-order chi connectivity index (χ0) is 23.5. The summed E-state index contributed by atoms with van der Waals surface area (Å²) in [4.78, 5) is 14.5. The van der Waals surface area contributed by atoms with Crippen molar-refractivity contribution in [2.75, 3.05) is 23.0 Å². The standard InChI is InChI=1S/C20H19F2NO3S2.C4H10/c1-2-27-19-10-16-18(11-17(19)26-12-15(22)20(24)25)28-9-3-8-23(16)14-6-4-13(21)5-7-14;1-3-4-2/h4-7,10-12H,2-3,8-9H2,1H3,(H,24,25);3-4H2,1-2H3/b15-12-;. The summed E-state index contributed by atoms with van der Waals surface area (Å²) in [6, 6.07) is 10.1. The van der Waals surface area contributed by atoms with Crippen LogP contribution in [0.1, 0.15) is 40.0 Å². The van der Waals surface area contributed by atoms with Crippen LogP contribution in [0.15, 0.2) is 58.3 Å². The molecule has 174 valence electrons. The highest BCUT2D eigenvalue weighted by atomic mass is 32.2. The van der Waals surface area contributed by atoms with Crippen LogP contribution in [0, 0.1) is 5.82 Å². The molecule has 1 aliphatic heterocycles. The zero-order valence-corrected chi connectivity index (χ0v) is 20.2. The molecule has 2 aromatic carbocycles. The van der Waals surface area contributed by atoms with Gasteiger partial charge in [0.05, 0.1) is 10.6 Å². The molecule has 0 spiro atoms. The van der Waals surface area contributed by atoms with Crippen LogP contribution in [-0.2, 0) is 4.79 Å². The van der Waals surface area contributed by atoms with Crippen molar-refractivity contribution in [1.82, 2.24) is 0 Å². The van der Waals surface area contributed by atoms with Crippen molar-refractivity contribution in [2.24, 2.45) is 0 Å². The number of rotatable bonds is 7. The molecule has 3 rings (SSSR count). The van der Waals surface area contributed by atoms with Gasteiger partial charge in [-0.05, 0) is 54.3 Å². The summed E-state index contributed by atoms with van der Waals surface area (Å²) in [7, 11) is 0. The van der Waals surface area contributed by atoms with E-state index in [1.54, 1.807) is 23.9 Å². The van der Waals surface area contributed by atoms with Gasteiger partial charge >= 0.3 is 5.97 Å². The normalized spacial score (nSPS) is 13.5. The van der Waals surface area contributed by atoms with Gasteiger partial charge in [0, 0.05) is 17.1 Å². The summed E-state index contributed by atoms with van der Waals surface area (Å²) in [5, 5.41) is 8.68. The smallest absolute Gasteiger partial charge is 0.368 e. The van der Waals surface area contributed by atoms with E-state index in [1.807, 2.05) is 19.1 Å². The number of thioether (sulfide) groups is 2. The number of nitrogens with zero attached hydrogens (tertiary/aromatic N) is 1. The number of carboxylic acids is 1. The second-order valence-corrected chi connectivity index (χ2v) is 9.36. The van der Waals surface area contributed by atoms with Gasteiger partial charge in [0.2, 0.25) is 5.83 Å². The minimum atomic E-state index is -1.67. The van der Waals surface area contributed by atoms with Crippen LogP contribution >= 0.6 is 23.5 Å². The van der Waals surface area contributed by atoms with Crippen molar-refractivity contribution in [3.8, 4) is 5.75 Å². The topological polar surface area (TPSA) is 49.8 Å². The van der Waals surface area contributed by atoms with Gasteiger partial charge in [-0.1, -0.05) is 33.6 Å². The minimum Gasteiger partial charge on any atom is -0.476 e. The minimum absolute atomic E-state index is 0.286. The quantitative estimate of drug-likeness (QED) is 0.249. The van der Waals surface area contributed by atoms with E-state index in [2.05, 4.69) is 18.7 Å². The Labute approximate surface area is 197 Å². The van der Waals surface area contributed by atoms with E-state index in [1.165, 1.54) is 36.7 Å². The monoisotopic (exact) mass is 481 g/mol. The molecule has 0 saturated heterocycles. The molecule has 1 N–H and O–H groups in total. The first-order chi connectivity index (χ1) is 15.4. The highest BCUT2D eigenvalue weighted by molar-refractivity contribution is 7.99. The van der Waals surface area contributed by atoms with Gasteiger partial charge in [-0.3, -0.25) is 0 Å². The van der Waals surface area contributed by atoms with E-state index in [-0.39, 0.29) is 5.82 Å². The Bertz CT molecular complexity index is 918. The number of ether oxygens (including phenoxy) is 1. The molecule has 0 unspecified atom stereocenters. The average molecular weight is 482 g/mol. The Morgan fingerprint density at radius 1 is 1.22 bits per heavy atom. The SMILES string of the molecule is CCCC.CCSc1cc2c(cc1O/C=C(\F)C(=O)O)SCCCN2c1ccc(F)cc1. The molecule has 0 saturated carbocycles. The predicted octanol–water partition coefficient (Wildman–Crippen LogP) is 7.65. The molecule has 32 heavy (non-hydrogen) atoms. The van der Waals surface area contributed by atoms with E-state index < -0.39 is 11.8 Å². The summed E-state index contributed by atoms with van der Waals surface area (Å²) >= 11 is 3.18. The summed E-state index contributed by atoms with van der Waals surface area (Å²) in [6.07, 6.45) is 4.19.